The molecule has 4 nitrogen and oxygen atoms in total. The average Bonchev–Trinajstić information content (AvgIpc) is 3.34. The molecule has 116 valence electrons. The number of nitrogens with zero attached hydrogens (tertiary/aromatic N) is 2. The summed E-state index contributed by atoms with van der Waals surface area (Å²) in [5.74, 6) is 1.58. The van der Waals surface area contributed by atoms with Gasteiger partial charge in [-0.2, -0.15) is 5.26 Å². The topological polar surface area (TPSA) is 45.5 Å². The molecule has 3 aliphatic rings. The van der Waals surface area contributed by atoms with Crippen molar-refractivity contribution in [3.05, 3.63) is 29.3 Å². The normalized spacial score (nSPS) is 36.7. The van der Waals surface area contributed by atoms with E-state index in [0.29, 0.717) is 18.6 Å². The summed E-state index contributed by atoms with van der Waals surface area (Å²) in [6.07, 6.45) is 1.12. The molecule has 2 aliphatic heterocycles. The number of nitriles is 1. The minimum atomic E-state index is 0.127. The number of morpholine rings is 1. The lowest BCUT2D eigenvalue weighted by Gasteiger charge is -2.47. The third-order valence-corrected chi connectivity index (χ3v) is 5.34. The van der Waals surface area contributed by atoms with Crippen molar-refractivity contribution >= 4 is 0 Å². The van der Waals surface area contributed by atoms with Gasteiger partial charge in [-0.1, -0.05) is 19.1 Å². The maximum absolute atomic E-state index is 9.02. The highest BCUT2D eigenvalue weighted by Crippen LogP contribution is 2.49. The van der Waals surface area contributed by atoms with Gasteiger partial charge in [0, 0.05) is 17.5 Å². The van der Waals surface area contributed by atoms with E-state index in [1.165, 1.54) is 11.1 Å². The van der Waals surface area contributed by atoms with Crippen LogP contribution in [0, 0.1) is 17.2 Å². The maximum atomic E-state index is 9.02. The van der Waals surface area contributed by atoms with Gasteiger partial charge in [-0.3, -0.25) is 4.90 Å². The monoisotopic (exact) mass is 298 g/mol. The molecular weight excluding hydrogens is 276 g/mol. The average molecular weight is 298 g/mol. The molecule has 1 saturated heterocycles. The first kappa shape index (κ1) is 14.0. The molecule has 2 fully saturated rings. The third kappa shape index (κ3) is 2.12. The lowest BCUT2D eigenvalue weighted by molar-refractivity contribution is -0.122. The zero-order valence-corrected chi connectivity index (χ0v) is 13.2. The van der Waals surface area contributed by atoms with Gasteiger partial charge in [0.25, 0.3) is 0 Å². The molecule has 1 aliphatic carbocycles. The molecule has 0 amide bonds. The van der Waals surface area contributed by atoms with Crippen LogP contribution < -0.4 is 4.74 Å². The van der Waals surface area contributed by atoms with Crippen LogP contribution in [0.4, 0.5) is 0 Å². The molecule has 5 unspecified atom stereocenters. The Morgan fingerprint density at radius 2 is 2.23 bits per heavy atom. The second kappa shape index (κ2) is 5.26. The van der Waals surface area contributed by atoms with Crippen LogP contribution >= 0.6 is 0 Å². The van der Waals surface area contributed by atoms with Gasteiger partial charge in [-0.25, -0.2) is 0 Å². The van der Waals surface area contributed by atoms with Crippen molar-refractivity contribution in [3.63, 3.8) is 0 Å². The second-order valence-electron chi connectivity index (χ2n) is 6.68. The Morgan fingerprint density at radius 3 is 2.95 bits per heavy atom. The predicted molar refractivity (Wildman–Crippen MR) is 82.7 cm³/mol. The Morgan fingerprint density at radius 1 is 1.36 bits per heavy atom. The number of benzene rings is 1. The summed E-state index contributed by atoms with van der Waals surface area (Å²) in [4.78, 5) is 2.52. The second-order valence-corrected chi connectivity index (χ2v) is 6.68. The summed E-state index contributed by atoms with van der Waals surface area (Å²) in [5.41, 5.74) is 2.49. The molecule has 0 aromatic heterocycles. The smallest absolute Gasteiger partial charge is 0.124 e. The van der Waals surface area contributed by atoms with E-state index >= 15 is 0 Å². The fourth-order valence-electron chi connectivity index (χ4n) is 3.99. The number of rotatable bonds is 2. The van der Waals surface area contributed by atoms with Crippen molar-refractivity contribution in [2.45, 2.75) is 44.4 Å². The minimum Gasteiger partial charge on any atom is -0.490 e. The highest BCUT2D eigenvalue weighted by molar-refractivity contribution is 5.45. The lowest BCUT2D eigenvalue weighted by Crippen LogP contribution is -2.53. The SMILES string of the molecule is CCN1C(C)COC2COc3cc(C4CC4C#N)ccc3C21. The number of fused-ring (bicyclic) bond motifs is 3. The van der Waals surface area contributed by atoms with Crippen LogP contribution in [-0.2, 0) is 4.74 Å². The molecule has 22 heavy (non-hydrogen) atoms. The highest BCUT2D eigenvalue weighted by atomic mass is 16.5. The maximum Gasteiger partial charge on any atom is 0.124 e. The lowest BCUT2D eigenvalue weighted by atomic mass is 9.92. The Kier molecular flexibility index (Phi) is 3.36. The van der Waals surface area contributed by atoms with Gasteiger partial charge in [-0.15, -0.1) is 0 Å². The highest BCUT2D eigenvalue weighted by Gasteiger charge is 2.43. The summed E-state index contributed by atoms with van der Waals surface area (Å²) in [7, 11) is 0. The first-order valence-electron chi connectivity index (χ1n) is 8.26. The van der Waals surface area contributed by atoms with Crippen molar-refractivity contribution in [2.75, 3.05) is 19.8 Å². The molecule has 0 bridgehead atoms. The molecule has 1 saturated carbocycles. The van der Waals surface area contributed by atoms with Crippen molar-refractivity contribution in [1.29, 1.82) is 5.26 Å². The van der Waals surface area contributed by atoms with E-state index in [1.807, 2.05) is 0 Å². The van der Waals surface area contributed by atoms with Crippen LogP contribution in [0.5, 0.6) is 5.75 Å². The zero-order chi connectivity index (χ0) is 15.3. The van der Waals surface area contributed by atoms with Gasteiger partial charge >= 0.3 is 0 Å². The molecular formula is C18H22N2O2. The zero-order valence-electron chi connectivity index (χ0n) is 13.2. The molecule has 5 atom stereocenters. The summed E-state index contributed by atoms with van der Waals surface area (Å²) >= 11 is 0. The van der Waals surface area contributed by atoms with Gasteiger partial charge in [-0.05, 0) is 31.5 Å². The third-order valence-electron chi connectivity index (χ3n) is 5.34. The fraction of sp³-hybridized carbons (Fsp3) is 0.611. The molecule has 2 heterocycles. The van der Waals surface area contributed by atoms with E-state index < -0.39 is 0 Å². The van der Waals surface area contributed by atoms with Crippen LogP contribution in [0.3, 0.4) is 0 Å². The van der Waals surface area contributed by atoms with Crippen molar-refractivity contribution < 1.29 is 9.47 Å². The Balaban J connectivity index is 1.67. The first-order valence-corrected chi connectivity index (χ1v) is 8.26. The van der Waals surface area contributed by atoms with E-state index in [1.54, 1.807) is 0 Å². The molecule has 0 N–H and O–H groups in total. The van der Waals surface area contributed by atoms with Crippen molar-refractivity contribution in [1.82, 2.24) is 4.90 Å². The van der Waals surface area contributed by atoms with Crippen LogP contribution in [-0.4, -0.2) is 36.8 Å². The van der Waals surface area contributed by atoms with E-state index in [9.17, 15) is 0 Å². The largest absolute Gasteiger partial charge is 0.490 e. The van der Waals surface area contributed by atoms with E-state index in [-0.39, 0.29) is 18.1 Å². The van der Waals surface area contributed by atoms with Crippen molar-refractivity contribution in [3.8, 4) is 11.8 Å². The minimum absolute atomic E-state index is 0.127. The molecule has 1 aromatic rings. The number of hydrogen-bond acceptors (Lipinski definition) is 4. The van der Waals surface area contributed by atoms with E-state index in [2.05, 4.69) is 43.0 Å². The van der Waals surface area contributed by atoms with Crippen LogP contribution in [0.2, 0.25) is 0 Å². The standard InChI is InChI=1S/C18H22N2O2/c1-3-20-11(2)9-21-17-10-22-16-7-12(15-6-13(15)8-19)4-5-14(16)18(17)20/h4-5,7,11,13,15,17-18H,3,6,9-10H2,1-2H3. The Labute approximate surface area is 131 Å². The quantitative estimate of drug-likeness (QED) is 0.842. The molecule has 1 aromatic carbocycles. The van der Waals surface area contributed by atoms with Gasteiger partial charge < -0.3 is 9.47 Å². The van der Waals surface area contributed by atoms with Gasteiger partial charge in [0.15, 0.2) is 0 Å². The molecule has 4 rings (SSSR count). The number of hydrogen-bond donors (Lipinski definition) is 0. The molecule has 4 heteroatoms. The van der Waals surface area contributed by atoms with Crippen LogP contribution in [0.1, 0.15) is 43.4 Å². The van der Waals surface area contributed by atoms with E-state index in [0.717, 1.165) is 25.3 Å². The summed E-state index contributed by atoms with van der Waals surface area (Å²) in [6, 6.07) is 9.62. The predicted octanol–water partition coefficient (Wildman–Crippen LogP) is 2.86. The summed E-state index contributed by atoms with van der Waals surface area (Å²) in [5, 5.41) is 9.02. The van der Waals surface area contributed by atoms with Gasteiger partial charge in [0.05, 0.1) is 24.6 Å². The van der Waals surface area contributed by atoms with Gasteiger partial charge in [0.1, 0.15) is 18.5 Å². The first-order chi connectivity index (χ1) is 10.7. The summed E-state index contributed by atoms with van der Waals surface area (Å²) < 4.78 is 12.0. The number of ether oxygens (including phenoxy) is 2. The van der Waals surface area contributed by atoms with Crippen molar-refractivity contribution in [2.24, 2.45) is 5.92 Å². The molecule has 0 spiro atoms. The Bertz CT molecular complexity index is 624. The Hall–Kier alpha value is -1.57. The molecule has 0 radical (unpaired) electrons. The fourth-order valence-corrected chi connectivity index (χ4v) is 3.99. The van der Waals surface area contributed by atoms with Gasteiger partial charge in [0.2, 0.25) is 0 Å². The summed E-state index contributed by atoms with van der Waals surface area (Å²) in [6.45, 7) is 6.86. The van der Waals surface area contributed by atoms with E-state index in [4.69, 9.17) is 14.7 Å². The van der Waals surface area contributed by atoms with Crippen LogP contribution in [0.25, 0.3) is 0 Å². The van der Waals surface area contributed by atoms with Crippen LogP contribution in [0.15, 0.2) is 18.2 Å². The number of likely N-dealkylation sites (N-methyl/N-ethyl adjacent to an activating group) is 1.